The summed E-state index contributed by atoms with van der Waals surface area (Å²) in [5, 5.41) is 0. The minimum absolute atomic E-state index is 0.0744. The van der Waals surface area contributed by atoms with Crippen LogP contribution in [0.25, 0.3) is 0 Å². The van der Waals surface area contributed by atoms with Gasteiger partial charge in [-0.1, -0.05) is 18.2 Å². The summed E-state index contributed by atoms with van der Waals surface area (Å²) in [5.74, 6) is -0.305. The summed E-state index contributed by atoms with van der Waals surface area (Å²) in [5.41, 5.74) is 13.3. The summed E-state index contributed by atoms with van der Waals surface area (Å²) in [6.07, 6.45) is 0.865. The highest BCUT2D eigenvalue weighted by Gasteiger charge is 2.22. The Hall–Kier alpha value is -1.55. The molecule has 1 amide bonds. The van der Waals surface area contributed by atoms with E-state index in [1.165, 1.54) is 0 Å². The molecule has 1 unspecified atom stereocenters. The Bertz CT molecular complexity index is 378. The maximum atomic E-state index is 10.9. The third-order valence-corrected chi connectivity index (χ3v) is 2.73. The predicted octanol–water partition coefficient (Wildman–Crippen LogP) is 0.382. The number of nitrogens with zero attached hydrogens (tertiary/aromatic N) is 1. The van der Waals surface area contributed by atoms with E-state index in [2.05, 4.69) is 0 Å². The molecule has 1 aliphatic rings. The second kappa shape index (κ2) is 3.90. The molecule has 1 heterocycles. The van der Waals surface area contributed by atoms with Crippen molar-refractivity contribution in [3.05, 3.63) is 29.8 Å². The van der Waals surface area contributed by atoms with Gasteiger partial charge in [0.15, 0.2) is 0 Å². The molecule has 0 fully saturated rings. The molecule has 15 heavy (non-hydrogen) atoms. The first kappa shape index (κ1) is 9.98. The molecule has 2 rings (SSSR count). The number of hydrogen-bond acceptors (Lipinski definition) is 3. The molecule has 4 nitrogen and oxygen atoms in total. The highest BCUT2D eigenvalue weighted by Crippen LogP contribution is 2.31. The normalized spacial score (nSPS) is 19.8. The van der Waals surface area contributed by atoms with Crippen molar-refractivity contribution < 1.29 is 4.79 Å². The van der Waals surface area contributed by atoms with Crippen LogP contribution in [0.15, 0.2) is 24.3 Å². The van der Waals surface area contributed by atoms with Crippen molar-refractivity contribution in [2.45, 2.75) is 12.5 Å². The molecule has 4 heteroatoms. The molecule has 0 bridgehead atoms. The third kappa shape index (κ3) is 1.94. The van der Waals surface area contributed by atoms with Gasteiger partial charge in [0.25, 0.3) is 0 Å². The molecule has 0 saturated heterocycles. The van der Waals surface area contributed by atoms with Gasteiger partial charge in [-0.05, 0) is 18.1 Å². The van der Waals surface area contributed by atoms with Gasteiger partial charge in [0.05, 0.1) is 6.54 Å². The van der Waals surface area contributed by atoms with Crippen LogP contribution in [0.1, 0.15) is 18.0 Å². The van der Waals surface area contributed by atoms with Crippen molar-refractivity contribution in [1.29, 1.82) is 0 Å². The summed E-state index contributed by atoms with van der Waals surface area (Å²) in [6, 6.07) is 7.98. The molecule has 0 aromatic heterocycles. The van der Waals surface area contributed by atoms with E-state index >= 15 is 0 Å². The van der Waals surface area contributed by atoms with Gasteiger partial charge < -0.3 is 16.4 Å². The number of para-hydroxylation sites is 1. The van der Waals surface area contributed by atoms with Gasteiger partial charge >= 0.3 is 0 Å². The van der Waals surface area contributed by atoms with Crippen molar-refractivity contribution in [2.75, 3.05) is 18.0 Å². The first-order valence-corrected chi connectivity index (χ1v) is 5.06. The summed E-state index contributed by atoms with van der Waals surface area (Å²) >= 11 is 0. The fraction of sp³-hybridized carbons (Fsp3) is 0.364. The van der Waals surface area contributed by atoms with E-state index < -0.39 is 0 Å². The summed E-state index contributed by atoms with van der Waals surface area (Å²) in [6.45, 7) is 1.06. The zero-order chi connectivity index (χ0) is 10.8. The average molecular weight is 205 g/mol. The quantitative estimate of drug-likeness (QED) is 0.733. The topological polar surface area (TPSA) is 72.4 Å². The molecule has 1 aliphatic heterocycles. The Morgan fingerprint density at radius 3 is 2.93 bits per heavy atom. The largest absolute Gasteiger partial charge is 0.368 e. The summed E-state index contributed by atoms with van der Waals surface area (Å²) in [4.78, 5) is 12.9. The van der Waals surface area contributed by atoms with Crippen LogP contribution in [0.2, 0.25) is 0 Å². The van der Waals surface area contributed by atoms with Crippen molar-refractivity contribution in [3.8, 4) is 0 Å². The van der Waals surface area contributed by atoms with Crippen molar-refractivity contribution in [3.63, 3.8) is 0 Å². The first-order chi connectivity index (χ1) is 7.18. The maximum absolute atomic E-state index is 10.9. The van der Waals surface area contributed by atoms with Gasteiger partial charge in [0.2, 0.25) is 5.91 Å². The number of hydrogen-bond donors (Lipinski definition) is 2. The Labute approximate surface area is 88.9 Å². The minimum Gasteiger partial charge on any atom is -0.368 e. The van der Waals surface area contributed by atoms with Crippen LogP contribution >= 0.6 is 0 Å². The molecular weight excluding hydrogens is 190 g/mol. The Balaban J connectivity index is 2.31. The van der Waals surface area contributed by atoms with Crippen LogP contribution in [0, 0.1) is 0 Å². The number of carbonyl (C=O) groups is 1. The van der Waals surface area contributed by atoms with Gasteiger partial charge in [0.1, 0.15) is 0 Å². The molecule has 1 atom stereocenters. The zero-order valence-corrected chi connectivity index (χ0v) is 8.52. The average Bonchev–Trinajstić information content (AvgIpc) is 2.22. The second-order valence-electron chi connectivity index (χ2n) is 3.84. The van der Waals surface area contributed by atoms with Gasteiger partial charge in [-0.3, -0.25) is 4.79 Å². The van der Waals surface area contributed by atoms with Crippen LogP contribution in [0.5, 0.6) is 0 Å². The number of fused-ring (bicyclic) bond motifs is 1. The van der Waals surface area contributed by atoms with Gasteiger partial charge in [0, 0.05) is 18.3 Å². The molecule has 0 aliphatic carbocycles. The van der Waals surface area contributed by atoms with E-state index in [9.17, 15) is 4.79 Å². The van der Waals surface area contributed by atoms with Gasteiger partial charge in [-0.2, -0.15) is 0 Å². The lowest BCUT2D eigenvalue weighted by atomic mass is 9.97. The standard InChI is InChI=1S/C11H15N3O/c12-9-5-6-14(7-11(13)15)10-4-2-1-3-8(9)10/h1-4,9H,5-7,12H2,(H2,13,15). The predicted molar refractivity (Wildman–Crippen MR) is 59.4 cm³/mol. The maximum Gasteiger partial charge on any atom is 0.236 e. The van der Waals surface area contributed by atoms with Crippen LogP contribution in [-0.2, 0) is 4.79 Å². The number of benzene rings is 1. The number of amides is 1. The SMILES string of the molecule is NC(=O)CN1CCC(N)c2ccccc21. The molecule has 1 aromatic carbocycles. The highest BCUT2D eigenvalue weighted by atomic mass is 16.1. The van der Waals surface area contributed by atoms with E-state index in [4.69, 9.17) is 11.5 Å². The summed E-state index contributed by atoms with van der Waals surface area (Å²) < 4.78 is 0. The second-order valence-corrected chi connectivity index (χ2v) is 3.84. The Morgan fingerprint density at radius 1 is 1.47 bits per heavy atom. The smallest absolute Gasteiger partial charge is 0.236 e. The number of rotatable bonds is 2. The summed E-state index contributed by atoms with van der Waals surface area (Å²) in [7, 11) is 0. The van der Waals surface area contributed by atoms with Crippen LogP contribution in [0.4, 0.5) is 5.69 Å². The molecule has 0 radical (unpaired) electrons. The van der Waals surface area contributed by atoms with E-state index in [1.807, 2.05) is 29.2 Å². The Kier molecular flexibility index (Phi) is 2.60. The number of anilines is 1. The number of carbonyl (C=O) groups excluding carboxylic acids is 1. The van der Waals surface area contributed by atoms with Gasteiger partial charge in [-0.25, -0.2) is 0 Å². The first-order valence-electron chi connectivity index (χ1n) is 5.06. The van der Waals surface area contributed by atoms with Crippen molar-refractivity contribution in [2.24, 2.45) is 11.5 Å². The van der Waals surface area contributed by atoms with Crippen LogP contribution < -0.4 is 16.4 Å². The van der Waals surface area contributed by atoms with E-state index in [0.29, 0.717) is 0 Å². The minimum atomic E-state index is -0.305. The number of primary amides is 1. The molecular formula is C11H15N3O. The fourth-order valence-electron chi connectivity index (χ4n) is 2.01. The lowest BCUT2D eigenvalue weighted by Gasteiger charge is -2.33. The third-order valence-electron chi connectivity index (χ3n) is 2.73. The van der Waals surface area contributed by atoms with Crippen molar-refractivity contribution >= 4 is 11.6 Å². The molecule has 0 saturated carbocycles. The molecule has 4 N–H and O–H groups in total. The molecule has 0 spiro atoms. The fourth-order valence-corrected chi connectivity index (χ4v) is 2.01. The van der Waals surface area contributed by atoms with E-state index in [1.54, 1.807) is 0 Å². The van der Waals surface area contributed by atoms with Crippen LogP contribution in [-0.4, -0.2) is 19.0 Å². The Morgan fingerprint density at radius 2 is 2.20 bits per heavy atom. The zero-order valence-electron chi connectivity index (χ0n) is 8.52. The van der Waals surface area contributed by atoms with Crippen molar-refractivity contribution in [1.82, 2.24) is 0 Å². The lowest BCUT2D eigenvalue weighted by molar-refractivity contribution is -0.116. The monoisotopic (exact) mass is 205 g/mol. The van der Waals surface area contributed by atoms with E-state index in [0.717, 1.165) is 24.2 Å². The van der Waals surface area contributed by atoms with Crippen LogP contribution in [0.3, 0.4) is 0 Å². The number of nitrogens with two attached hydrogens (primary N) is 2. The van der Waals surface area contributed by atoms with Gasteiger partial charge in [-0.15, -0.1) is 0 Å². The lowest BCUT2D eigenvalue weighted by Crippen LogP contribution is -2.39. The van der Waals surface area contributed by atoms with E-state index in [-0.39, 0.29) is 18.5 Å². The highest BCUT2D eigenvalue weighted by molar-refractivity contribution is 5.80. The molecule has 1 aromatic rings. The molecule has 80 valence electrons.